The molecule has 0 amide bonds. The second-order valence-electron chi connectivity index (χ2n) is 4.13. The van der Waals surface area contributed by atoms with Gasteiger partial charge in [0.15, 0.2) is 5.11 Å². The molecule has 0 unspecified atom stereocenters. The molecule has 0 atom stereocenters. The van der Waals surface area contributed by atoms with Crippen molar-refractivity contribution in [1.29, 1.82) is 0 Å². The Morgan fingerprint density at radius 2 is 2.33 bits per heavy atom. The Morgan fingerprint density at radius 3 is 2.89 bits per heavy atom. The molecule has 0 radical (unpaired) electrons. The van der Waals surface area contributed by atoms with Crippen LogP contribution in [0.3, 0.4) is 0 Å². The van der Waals surface area contributed by atoms with Crippen LogP contribution in [0, 0.1) is 5.92 Å². The predicted molar refractivity (Wildman–Crippen MR) is 82.0 cm³/mol. The number of nitrogens with one attached hydrogen (secondary N) is 1. The van der Waals surface area contributed by atoms with Crippen LogP contribution in [0.2, 0.25) is 0 Å². The van der Waals surface area contributed by atoms with Gasteiger partial charge >= 0.3 is 0 Å². The van der Waals surface area contributed by atoms with Crippen molar-refractivity contribution in [3.05, 3.63) is 28.2 Å². The van der Waals surface area contributed by atoms with Gasteiger partial charge in [-0.25, -0.2) is 0 Å². The minimum Gasteiger partial charge on any atom is -0.492 e. The highest BCUT2D eigenvalue weighted by Gasteiger charge is 2.03. The van der Waals surface area contributed by atoms with E-state index in [9.17, 15) is 0 Å². The van der Waals surface area contributed by atoms with Crippen LogP contribution < -0.4 is 15.9 Å². The van der Waals surface area contributed by atoms with Crippen molar-refractivity contribution in [3.8, 4) is 5.75 Å². The van der Waals surface area contributed by atoms with E-state index in [0.717, 1.165) is 15.8 Å². The summed E-state index contributed by atoms with van der Waals surface area (Å²) in [6.45, 7) is 4.90. The molecule has 0 fully saturated rings. The van der Waals surface area contributed by atoms with E-state index in [0.29, 0.717) is 12.5 Å². The molecule has 1 aromatic rings. The number of hydrogen-bond donors (Lipinski definition) is 2. The molecule has 18 heavy (non-hydrogen) atoms. The van der Waals surface area contributed by atoms with Gasteiger partial charge in [-0.1, -0.05) is 13.8 Å². The maximum Gasteiger partial charge on any atom is 0.184 e. The van der Waals surface area contributed by atoms with E-state index in [2.05, 4.69) is 52.5 Å². The fraction of sp³-hybridized carbons (Fsp3) is 0.333. The lowest BCUT2D eigenvalue weighted by Crippen LogP contribution is -2.23. The zero-order valence-corrected chi connectivity index (χ0v) is 12.7. The molecule has 0 saturated heterocycles. The molecule has 0 aliphatic carbocycles. The normalized spacial score (nSPS) is 10.9. The van der Waals surface area contributed by atoms with Gasteiger partial charge in [0.2, 0.25) is 0 Å². The topological polar surface area (TPSA) is 59.6 Å². The molecule has 0 saturated carbocycles. The highest BCUT2D eigenvalue weighted by molar-refractivity contribution is 9.10. The maximum atomic E-state index is 5.65. The summed E-state index contributed by atoms with van der Waals surface area (Å²) >= 11 is 8.10. The van der Waals surface area contributed by atoms with E-state index in [1.54, 1.807) is 6.21 Å². The summed E-state index contributed by atoms with van der Waals surface area (Å²) in [6.07, 6.45) is 1.64. The summed E-state index contributed by atoms with van der Waals surface area (Å²) in [6, 6.07) is 5.72. The molecular weight excluding hydrogens is 314 g/mol. The summed E-state index contributed by atoms with van der Waals surface area (Å²) in [4.78, 5) is 0. The Labute approximate surface area is 121 Å². The molecule has 0 aliphatic heterocycles. The first-order chi connectivity index (χ1) is 8.49. The van der Waals surface area contributed by atoms with Crippen molar-refractivity contribution in [2.75, 3.05) is 6.61 Å². The van der Waals surface area contributed by atoms with Crippen LogP contribution in [0.4, 0.5) is 0 Å². The zero-order valence-electron chi connectivity index (χ0n) is 10.3. The SMILES string of the molecule is CC(C)COc1ccc(/C=N/NC(N)=S)cc1Br. The number of rotatable bonds is 5. The molecule has 4 nitrogen and oxygen atoms in total. The largest absolute Gasteiger partial charge is 0.492 e. The van der Waals surface area contributed by atoms with Gasteiger partial charge in [-0.3, -0.25) is 5.43 Å². The van der Waals surface area contributed by atoms with Crippen LogP contribution in [0.25, 0.3) is 0 Å². The van der Waals surface area contributed by atoms with E-state index in [1.165, 1.54) is 0 Å². The molecule has 0 bridgehead atoms. The van der Waals surface area contributed by atoms with Gasteiger partial charge in [0.25, 0.3) is 0 Å². The number of hydrazone groups is 1. The second kappa shape index (κ2) is 7.33. The molecule has 0 aromatic heterocycles. The van der Waals surface area contributed by atoms with E-state index in [4.69, 9.17) is 10.5 Å². The number of ether oxygens (including phenoxy) is 1. The average Bonchev–Trinajstić information content (AvgIpc) is 2.27. The lowest BCUT2D eigenvalue weighted by Gasteiger charge is -2.10. The lowest BCUT2D eigenvalue weighted by atomic mass is 10.2. The van der Waals surface area contributed by atoms with E-state index in [-0.39, 0.29) is 5.11 Å². The molecule has 6 heteroatoms. The van der Waals surface area contributed by atoms with Gasteiger partial charge in [0, 0.05) is 0 Å². The van der Waals surface area contributed by atoms with Crippen LogP contribution in [-0.4, -0.2) is 17.9 Å². The van der Waals surface area contributed by atoms with Crippen molar-refractivity contribution >= 4 is 39.5 Å². The molecule has 0 heterocycles. The van der Waals surface area contributed by atoms with Crippen LogP contribution in [0.1, 0.15) is 19.4 Å². The number of thiocarbonyl (C=S) groups is 1. The molecule has 0 spiro atoms. The number of benzene rings is 1. The fourth-order valence-corrected chi connectivity index (χ4v) is 1.70. The Morgan fingerprint density at radius 1 is 1.61 bits per heavy atom. The summed E-state index contributed by atoms with van der Waals surface area (Å²) in [7, 11) is 0. The highest BCUT2D eigenvalue weighted by atomic mass is 79.9. The van der Waals surface area contributed by atoms with Crippen LogP contribution in [0.5, 0.6) is 5.75 Å². The molecule has 0 aliphatic rings. The van der Waals surface area contributed by atoms with Gasteiger partial charge < -0.3 is 10.5 Å². The second-order valence-corrected chi connectivity index (χ2v) is 5.42. The minimum absolute atomic E-state index is 0.141. The van der Waals surface area contributed by atoms with Crippen LogP contribution in [-0.2, 0) is 0 Å². The van der Waals surface area contributed by atoms with Gasteiger partial charge in [0.05, 0.1) is 17.3 Å². The molecule has 1 rings (SSSR count). The van der Waals surface area contributed by atoms with Crippen LogP contribution >= 0.6 is 28.1 Å². The van der Waals surface area contributed by atoms with Gasteiger partial charge in [0.1, 0.15) is 5.75 Å². The Hall–Kier alpha value is -1.14. The van der Waals surface area contributed by atoms with E-state index in [1.807, 2.05) is 18.2 Å². The number of nitrogens with two attached hydrogens (primary N) is 1. The van der Waals surface area contributed by atoms with Crippen molar-refractivity contribution in [2.45, 2.75) is 13.8 Å². The molecular formula is C12H16BrN3OS. The van der Waals surface area contributed by atoms with E-state index >= 15 is 0 Å². The van der Waals surface area contributed by atoms with Gasteiger partial charge in [-0.15, -0.1) is 0 Å². The highest BCUT2D eigenvalue weighted by Crippen LogP contribution is 2.25. The zero-order chi connectivity index (χ0) is 13.5. The first-order valence-corrected chi connectivity index (χ1v) is 6.70. The summed E-state index contributed by atoms with van der Waals surface area (Å²) in [5.74, 6) is 1.32. The van der Waals surface area contributed by atoms with Crippen LogP contribution in [0.15, 0.2) is 27.8 Å². The third-order valence-electron chi connectivity index (χ3n) is 1.92. The van der Waals surface area contributed by atoms with Crippen molar-refractivity contribution in [2.24, 2.45) is 16.8 Å². The maximum absolute atomic E-state index is 5.65. The quantitative estimate of drug-likeness (QED) is 0.495. The van der Waals surface area contributed by atoms with Crippen molar-refractivity contribution in [3.63, 3.8) is 0 Å². The standard InChI is InChI=1S/C12H16BrN3OS/c1-8(2)7-17-11-4-3-9(5-10(11)13)6-15-16-12(14)18/h3-6,8H,7H2,1-2H3,(H3,14,16,18)/b15-6+. The van der Waals surface area contributed by atoms with Crippen molar-refractivity contribution < 1.29 is 4.74 Å². The minimum atomic E-state index is 0.141. The summed E-state index contributed by atoms with van der Waals surface area (Å²) in [5.41, 5.74) is 8.68. The first kappa shape index (κ1) is 14.9. The number of nitrogens with zero attached hydrogens (tertiary/aromatic N) is 1. The first-order valence-electron chi connectivity index (χ1n) is 5.50. The van der Waals surface area contributed by atoms with Gasteiger partial charge in [-0.05, 0) is 57.8 Å². The Kier molecular flexibility index (Phi) is 6.07. The fourth-order valence-electron chi connectivity index (χ4n) is 1.14. The molecule has 1 aromatic carbocycles. The van der Waals surface area contributed by atoms with E-state index < -0.39 is 0 Å². The number of halogens is 1. The third kappa shape index (κ3) is 5.46. The Bertz CT molecular complexity index is 449. The van der Waals surface area contributed by atoms with Gasteiger partial charge in [-0.2, -0.15) is 5.10 Å². The smallest absolute Gasteiger partial charge is 0.184 e. The monoisotopic (exact) mass is 329 g/mol. The number of hydrogen-bond acceptors (Lipinski definition) is 3. The predicted octanol–water partition coefficient (Wildman–Crippen LogP) is 2.65. The average molecular weight is 330 g/mol. The summed E-state index contributed by atoms with van der Waals surface area (Å²) in [5, 5.41) is 4.02. The molecule has 3 N–H and O–H groups in total. The lowest BCUT2D eigenvalue weighted by molar-refractivity contribution is 0.269. The Balaban J connectivity index is 2.67. The van der Waals surface area contributed by atoms with Crippen molar-refractivity contribution in [1.82, 2.24) is 5.43 Å². The summed E-state index contributed by atoms with van der Waals surface area (Å²) < 4.78 is 6.54. The molecule has 98 valence electrons. The third-order valence-corrected chi connectivity index (χ3v) is 2.63.